The number of hydrogen-bond donors (Lipinski definition) is 1. The van der Waals surface area contributed by atoms with E-state index in [0.717, 1.165) is 0 Å². The zero-order chi connectivity index (χ0) is 14.5. The van der Waals surface area contributed by atoms with E-state index >= 15 is 0 Å². The molecule has 1 aromatic carbocycles. The van der Waals surface area contributed by atoms with E-state index in [9.17, 15) is 9.59 Å². The monoisotopic (exact) mass is 277 g/mol. The Morgan fingerprint density at radius 2 is 2.00 bits per heavy atom. The second kappa shape index (κ2) is 6.27. The van der Waals surface area contributed by atoms with Crippen LogP contribution in [0.15, 0.2) is 24.3 Å². The van der Waals surface area contributed by atoms with Crippen LogP contribution in [0.3, 0.4) is 0 Å². The van der Waals surface area contributed by atoms with Crippen molar-refractivity contribution in [3.05, 3.63) is 24.3 Å². The molecule has 6 nitrogen and oxygen atoms in total. The smallest absolute Gasteiger partial charge is 0.241 e. The van der Waals surface area contributed by atoms with Crippen LogP contribution >= 0.6 is 0 Å². The highest BCUT2D eigenvalue weighted by Crippen LogP contribution is 2.13. The van der Waals surface area contributed by atoms with Crippen LogP contribution in [0.4, 0.5) is 5.69 Å². The molecule has 6 heteroatoms. The van der Waals surface area contributed by atoms with Crippen molar-refractivity contribution in [1.29, 1.82) is 0 Å². The highest BCUT2D eigenvalue weighted by atomic mass is 16.5. The van der Waals surface area contributed by atoms with E-state index in [4.69, 9.17) is 10.5 Å². The molecule has 0 aromatic heterocycles. The summed E-state index contributed by atoms with van der Waals surface area (Å²) >= 11 is 0. The number of nitrogens with two attached hydrogens (primary N) is 1. The Balaban J connectivity index is 1.75. The van der Waals surface area contributed by atoms with Crippen LogP contribution in [0, 0.1) is 0 Å². The van der Waals surface area contributed by atoms with Gasteiger partial charge in [0.1, 0.15) is 5.75 Å². The lowest BCUT2D eigenvalue weighted by atomic mass is 10.3. The number of nitrogens with zero attached hydrogens (tertiary/aromatic N) is 2. The van der Waals surface area contributed by atoms with Gasteiger partial charge in [-0.3, -0.25) is 9.59 Å². The fourth-order valence-electron chi connectivity index (χ4n) is 1.95. The summed E-state index contributed by atoms with van der Waals surface area (Å²) in [4.78, 5) is 26.7. The molecule has 1 saturated heterocycles. The Labute approximate surface area is 118 Å². The van der Waals surface area contributed by atoms with E-state index in [1.54, 1.807) is 41.1 Å². The van der Waals surface area contributed by atoms with Gasteiger partial charge in [0, 0.05) is 25.8 Å². The van der Waals surface area contributed by atoms with E-state index in [2.05, 4.69) is 0 Å². The van der Waals surface area contributed by atoms with Crippen LogP contribution in [-0.2, 0) is 9.59 Å². The van der Waals surface area contributed by atoms with Crippen LogP contribution in [0.2, 0.25) is 0 Å². The molecule has 108 valence electrons. The number of benzene rings is 1. The van der Waals surface area contributed by atoms with Gasteiger partial charge in [-0.25, -0.2) is 0 Å². The summed E-state index contributed by atoms with van der Waals surface area (Å²) in [5.41, 5.74) is 6.24. The first-order chi connectivity index (χ1) is 9.56. The normalized spacial score (nSPS) is 15.3. The molecule has 1 aliphatic rings. The number of carbonyl (C=O) groups excluding carboxylic acids is 2. The highest BCUT2D eigenvalue weighted by Gasteiger charge is 2.24. The maximum absolute atomic E-state index is 11.9. The topological polar surface area (TPSA) is 75.9 Å². The zero-order valence-corrected chi connectivity index (χ0v) is 11.5. The van der Waals surface area contributed by atoms with Gasteiger partial charge in [-0.15, -0.1) is 0 Å². The van der Waals surface area contributed by atoms with E-state index in [1.165, 1.54) is 0 Å². The summed E-state index contributed by atoms with van der Waals surface area (Å²) in [6.45, 7) is 1.63. The molecule has 1 aliphatic heterocycles. The highest BCUT2D eigenvalue weighted by molar-refractivity contribution is 5.85. The average molecular weight is 277 g/mol. The van der Waals surface area contributed by atoms with Crippen LogP contribution in [0.5, 0.6) is 5.75 Å². The number of ether oxygens (including phenoxy) is 1. The Hall–Kier alpha value is -2.24. The molecule has 2 amide bonds. The fourth-order valence-corrected chi connectivity index (χ4v) is 1.95. The minimum Gasteiger partial charge on any atom is -0.493 e. The maximum Gasteiger partial charge on any atom is 0.241 e. The predicted octanol–water partition coefficient (Wildman–Crippen LogP) is 0.338. The lowest BCUT2D eigenvalue weighted by molar-refractivity contribution is -0.144. The summed E-state index contributed by atoms with van der Waals surface area (Å²) in [7, 11) is 1.74. The lowest BCUT2D eigenvalue weighted by Gasteiger charge is -2.32. The number of anilines is 1. The van der Waals surface area contributed by atoms with Gasteiger partial charge in [-0.05, 0) is 24.3 Å². The van der Waals surface area contributed by atoms with E-state index in [0.29, 0.717) is 31.1 Å². The molecule has 2 rings (SSSR count). The van der Waals surface area contributed by atoms with Crippen molar-refractivity contribution in [2.24, 2.45) is 0 Å². The first kappa shape index (κ1) is 14.2. The van der Waals surface area contributed by atoms with Gasteiger partial charge in [-0.1, -0.05) is 0 Å². The van der Waals surface area contributed by atoms with E-state index in [1.807, 2.05) is 0 Å². The first-order valence-electron chi connectivity index (χ1n) is 6.56. The van der Waals surface area contributed by atoms with Crippen molar-refractivity contribution < 1.29 is 14.3 Å². The van der Waals surface area contributed by atoms with Crippen molar-refractivity contribution in [3.63, 3.8) is 0 Å². The molecule has 2 N–H and O–H groups in total. The SMILES string of the molecule is CN1CCN(C(=O)CCOc2ccc(N)cc2)CC1=O. The molecule has 1 fully saturated rings. The molecular weight excluding hydrogens is 258 g/mol. The average Bonchev–Trinajstić information content (AvgIpc) is 2.44. The molecule has 0 radical (unpaired) electrons. The fraction of sp³-hybridized carbons (Fsp3) is 0.429. The van der Waals surface area contributed by atoms with Crippen molar-refractivity contribution in [3.8, 4) is 5.75 Å². The van der Waals surface area contributed by atoms with Gasteiger partial charge in [0.2, 0.25) is 11.8 Å². The van der Waals surface area contributed by atoms with Crippen LogP contribution in [0.25, 0.3) is 0 Å². The molecular formula is C14H19N3O3. The van der Waals surface area contributed by atoms with Gasteiger partial charge in [-0.2, -0.15) is 0 Å². The van der Waals surface area contributed by atoms with Crippen molar-refractivity contribution in [2.45, 2.75) is 6.42 Å². The summed E-state index contributed by atoms with van der Waals surface area (Å²) in [5.74, 6) is 0.604. The van der Waals surface area contributed by atoms with E-state index < -0.39 is 0 Å². The second-order valence-electron chi connectivity index (χ2n) is 4.80. The maximum atomic E-state index is 11.9. The minimum absolute atomic E-state index is 0.0240. The molecule has 1 heterocycles. The Morgan fingerprint density at radius 1 is 1.30 bits per heavy atom. The lowest BCUT2D eigenvalue weighted by Crippen LogP contribution is -2.50. The number of carbonyl (C=O) groups is 2. The third-order valence-corrected chi connectivity index (χ3v) is 3.27. The van der Waals surface area contributed by atoms with Crippen molar-refractivity contribution in [2.75, 3.05) is 39.0 Å². The summed E-state index contributed by atoms with van der Waals surface area (Å²) < 4.78 is 5.47. The number of rotatable bonds is 4. The summed E-state index contributed by atoms with van der Waals surface area (Å²) in [5, 5.41) is 0. The summed E-state index contributed by atoms with van der Waals surface area (Å²) in [6, 6.07) is 7.02. The number of nitrogen functional groups attached to an aromatic ring is 1. The first-order valence-corrected chi connectivity index (χ1v) is 6.56. The number of hydrogen-bond acceptors (Lipinski definition) is 4. The Bertz CT molecular complexity index is 487. The molecule has 0 bridgehead atoms. The third-order valence-electron chi connectivity index (χ3n) is 3.27. The summed E-state index contributed by atoms with van der Waals surface area (Å²) in [6.07, 6.45) is 0.265. The molecule has 20 heavy (non-hydrogen) atoms. The van der Waals surface area contributed by atoms with Gasteiger partial charge >= 0.3 is 0 Å². The molecule has 1 aromatic rings. The van der Waals surface area contributed by atoms with Gasteiger partial charge in [0.25, 0.3) is 0 Å². The van der Waals surface area contributed by atoms with E-state index in [-0.39, 0.29) is 24.8 Å². The Kier molecular flexibility index (Phi) is 4.45. The molecule has 0 spiro atoms. The molecule has 0 unspecified atom stereocenters. The largest absolute Gasteiger partial charge is 0.493 e. The number of amides is 2. The number of piperazine rings is 1. The zero-order valence-electron chi connectivity index (χ0n) is 11.5. The van der Waals surface area contributed by atoms with Gasteiger partial charge < -0.3 is 20.3 Å². The molecule has 0 aliphatic carbocycles. The minimum atomic E-state index is -0.0538. The van der Waals surface area contributed by atoms with Crippen LogP contribution < -0.4 is 10.5 Å². The molecule has 0 saturated carbocycles. The van der Waals surface area contributed by atoms with Crippen molar-refractivity contribution >= 4 is 17.5 Å². The standard InChI is InChI=1S/C14H19N3O3/c1-16-7-8-17(10-14(16)19)13(18)6-9-20-12-4-2-11(15)3-5-12/h2-5H,6-10,15H2,1H3. The van der Waals surface area contributed by atoms with Crippen LogP contribution in [0.1, 0.15) is 6.42 Å². The van der Waals surface area contributed by atoms with Crippen molar-refractivity contribution in [1.82, 2.24) is 9.80 Å². The quantitative estimate of drug-likeness (QED) is 0.805. The Morgan fingerprint density at radius 3 is 2.65 bits per heavy atom. The van der Waals surface area contributed by atoms with Gasteiger partial charge in [0.05, 0.1) is 19.6 Å². The van der Waals surface area contributed by atoms with Crippen LogP contribution in [-0.4, -0.2) is 54.9 Å². The van der Waals surface area contributed by atoms with Gasteiger partial charge in [0.15, 0.2) is 0 Å². The number of likely N-dealkylation sites (N-methyl/N-ethyl adjacent to an activating group) is 1. The second-order valence-corrected chi connectivity index (χ2v) is 4.80. The third kappa shape index (κ3) is 3.63. The predicted molar refractivity (Wildman–Crippen MR) is 75.2 cm³/mol. The molecule has 0 atom stereocenters.